The predicted molar refractivity (Wildman–Crippen MR) is 120 cm³/mol. The van der Waals surface area contributed by atoms with Gasteiger partial charge in [0.05, 0.1) is 17.6 Å². The summed E-state index contributed by atoms with van der Waals surface area (Å²) in [5.74, 6) is -0.906. The van der Waals surface area contributed by atoms with Crippen molar-refractivity contribution in [3.05, 3.63) is 52.2 Å². The van der Waals surface area contributed by atoms with E-state index >= 15 is 0 Å². The average molecular weight is 426 g/mol. The molecule has 1 aliphatic rings. The number of nitrogens with zero attached hydrogens (tertiary/aromatic N) is 2. The largest absolute Gasteiger partial charge is 0.481 e. The molecular formula is C23H24ClN3O3. The zero-order chi connectivity index (χ0) is 21.6. The average Bonchev–Trinajstić information content (AvgIpc) is 3.03. The zero-order valence-corrected chi connectivity index (χ0v) is 18.0. The standard InChI is InChI=1S/C23H24ClN3O3/c1-4-25-23(30)27-10-9-26-13(2)11-18-20(15-5-7-16(24)8-6-15)17(12-19(28)29)14(3)21(27)22(18)26/h5-8,11H,4,9-10,12H2,1-3H3,(H,25,30)(H,28,29). The lowest BCUT2D eigenvalue weighted by Gasteiger charge is -2.32. The molecule has 4 rings (SSSR count). The SMILES string of the molecule is CCNC(=O)N1CCn2c(C)cc3c(-c4ccc(Cl)cc4)c(CC(=O)O)c(C)c1c32. The van der Waals surface area contributed by atoms with Gasteiger partial charge in [-0.25, -0.2) is 4.79 Å². The van der Waals surface area contributed by atoms with Gasteiger partial charge < -0.3 is 15.0 Å². The Labute approximate surface area is 180 Å². The van der Waals surface area contributed by atoms with Gasteiger partial charge in [-0.1, -0.05) is 23.7 Å². The van der Waals surface area contributed by atoms with Crippen LogP contribution in [0.4, 0.5) is 10.5 Å². The molecule has 7 heteroatoms. The number of anilines is 1. The Kier molecular flexibility index (Phi) is 5.20. The first kappa shape index (κ1) is 20.3. The van der Waals surface area contributed by atoms with Crippen molar-refractivity contribution in [2.75, 3.05) is 18.0 Å². The second kappa shape index (κ2) is 7.69. The van der Waals surface area contributed by atoms with E-state index in [1.807, 2.05) is 45.0 Å². The van der Waals surface area contributed by atoms with E-state index in [0.29, 0.717) is 24.7 Å². The highest BCUT2D eigenvalue weighted by Gasteiger charge is 2.31. The molecule has 1 aliphatic heterocycles. The third-order valence-corrected chi connectivity index (χ3v) is 6.01. The summed E-state index contributed by atoms with van der Waals surface area (Å²) in [5, 5.41) is 14.1. The summed E-state index contributed by atoms with van der Waals surface area (Å²) in [6.07, 6.45) is -0.125. The fourth-order valence-corrected chi connectivity index (χ4v) is 4.62. The lowest BCUT2D eigenvalue weighted by atomic mass is 9.88. The number of urea groups is 1. The number of carboxylic acids is 1. The molecule has 0 atom stereocenters. The van der Waals surface area contributed by atoms with E-state index in [1.54, 1.807) is 4.90 Å². The Morgan fingerprint density at radius 1 is 1.17 bits per heavy atom. The number of carbonyl (C=O) groups excluding carboxylic acids is 1. The smallest absolute Gasteiger partial charge is 0.322 e. The maximum Gasteiger partial charge on any atom is 0.322 e. The highest BCUT2D eigenvalue weighted by Crippen LogP contribution is 2.45. The fourth-order valence-electron chi connectivity index (χ4n) is 4.49. The normalized spacial score (nSPS) is 13.0. The van der Waals surface area contributed by atoms with Crippen LogP contribution in [0.5, 0.6) is 0 Å². The fraction of sp³-hybridized carbons (Fsp3) is 0.304. The molecular weight excluding hydrogens is 402 g/mol. The maximum absolute atomic E-state index is 12.8. The van der Waals surface area contributed by atoms with E-state index in [2.05, 4.69) is 16.0 Å². The molecule has 6 nitrogen and oxygen atoms in total. The molecule has 3 aromatic rings. The quantitative estimate of drug-likeness (QED) is 0.633. The minimum atomic E-state index is -0.906. The molecule has 30 heavy (non-hydrogen) atoms. The van der Waals surface area contributed by atoms with Gasteiger partial charge in [-0.05, 0) is 61.2 Å². The van der Waals surface area contributed by atoms with Crippen LogP contribution in [-0.2, 0) is 17.8 Å². The second-order valence-electron chi connectivity index (χ2n) is 7.59. The van der Waals surface area contributed by atoms with Gasteiger partial charge in [-0.2, -0.15) is 0 Å². The molecule has 0 fully saturated rings. The van der Waals surface area contributed by atoms with Crippen LogP contribution >= 0.6 is 11.6 Å². The number of carboxylic acid groups (broad SMARTS) is 1. The summed E-state index contributed by atoms with van der Waals surface area (Å²) in [4.78, 5) is 26.3. The van der Waals surface area contributed by atoms with Gasteiger partial charge in [0.1, 0.15) is 0 Å². The number of amides is 2. The molecule has 1 aromatic heterocycles. The van der Waals surface area contributed by atoms with E-state index in [0.717, 1.165) is 44.5 Å². The van der Waals surface area contributed by atoms with Crippen LogP contribution in [0.3, 0.4) is 0 Å². The lowest BCUT2D eigenvalue weighted by Crippen LogP contribution is -2.44. The minimum absolute atomic E-state index is 0.125. The van der Waals surface area contributed by atoms with Crippen LogP contribution in [0.2, 0.25) is 5.02 Å². The summed E-state index contributed by atoms with van der Waals surface area (Å²) in [6.45, 7) is 7.60. The highest BCUT2D eigenvalue weighted by molar-refractivity contribution is 6.30. The Hall–Kier alpha value is -2.99. The van der Waals surface area contributed by atoms with Gasteiger partial charge in [0.25, 0.3) is 0 Å². The number of hydrogen-bond acceptors (Lipinski definition) is 2. The number of aryl methyl sites for hydroxylation is 1. The predicted octanol–water partition coefficient (Wildman–Crippen LogP) is 4.76. The van der Waals surface area contributed by atoms with Gasteiger partial charge in [-0.3, -0.25) is 9.69 Å². The third-order valence-electron chi connectivity index (χ3n) is 5.76. The van der Waals surface area contributed by atoms with Crippen LogP contribution in [-0.4, -0.2) is 34.8 Å². The molecule has 0 aliphatic carbocycles. The molecule has 2 N–H and O–H groups in total. The van der Waals surface area contributed by atoms with E-state index in [-0.39, 0.29) is 12.5 Å². The summed E-state index contributed by atoms with van der Waals surface area (Å²) in [7, 11) is 0. The Balaban J connectivity index is 2.09. The van der Waals surface area contributed by atoms with Crippen molar-refractivity contribution in [2.45, 2.75) is 33.7 Å². The molecule has 156 valence electrons. The summed E-state index contributed by atoms with van der Waals surface area (Å²) < 4.78 is 2.22. The number of hydrogen-bond donors (Lipinski definition) is 2. The molecule has 2 amide bonds. The van der Waals surface area contributed by atoms with Gasteiger partial charge in [0.15, 0.2) is 0 Å². The summed E-state index contributed by atoms with van der Waals surface area (Å²) in [5.41, 5.74) is 6.21. The number of nitrogens with one attached hydrogen (secondary N) is 1. The van der Waals surface area contributed by atoms with Crippen molar-refractivity contribution in [3.8, 4) is 11.1 Å². The van der Waals surface area contributed by atoms with Gasteiger partial charge >= 0.3 is 12.0 Å². The molecule has 0 spiro atoms. The van der Waals surface area contributed by atoms with Gasteiger partial charge in [0.2, 0.25) is 0 Å². The molecule has 0 unspecified atom stereocenters. The summed E-state index contributed by atoms with van der Waals surface area (Å²) >= 11 is 6.09. The monoisotopic (exact) mass is 425 g/mol. The van der Waals surface area contributed by atoms with Crippen molar-refractivity contribution >= 4 is 40.2 Å². The van der Waals surface area contributed by atoms with E-state index in [1.165, 1.54) is 0 Å². The number of halogens is 1. The van der Waals surface area contributed by atoms with Crippen LogP contribution in [0, 0.1) is 13.8 Å². The maximum atomic E-state index is 12.8. The van der Waals surface area contributed by atoms with Crippen LogP contribution in [0.1, 0.15) is 23.7 Å². The second-order valence-corrected chi connectivity index (χ2v) is 8.03. The van der Waals surface area contributed by atoms with Crippen LogP contribution in [0.25, 0.3) is 22.0 Å². The number of rotatable bonds is 4. The Morgan fingerprint density at radius 2 is 1.87 bits per heavy atom. The molecule has 0 bridgehead atoms. The lowest BCUT2D eigenvalue weighted by molar-refractivity contribution is -0.136. The first-order chi connectivity index (χ1) is 14.3. The van der Waals surface area contributed by atoms with E-state index in [9.17, 15) is 14.7 Å². The number of aliphatic carboxylic acids is 1. The zero-order valence-electron chi connectivity index (χ0n) is 17.3. The van der Waals surface area contributed by atoms with E-state index < -0.39 is 5.97 Å². The third kappa shape index (κ3) is 3.21. The first-order valence-corrected chi connectivity index (χ1v) is 10.4. The minimum Gasteiger partial charge on any atom is -0.481 e. The topological polar surface area (TPSA) is 74.6 Å². The number of aromatic nitrogens is 1. The summed E-state index contributed by atoms with van der Waals surface area (Å²) in [6, 6.07) is 9.39. The molecule has 2 aromatic carbocycles. The van der Waals surface area contributed by atoms with Gasteiger partial charge in [-0.15, -0.1) is 0 Å². The number of carbonyl (C=O) groups is 2. The first-order valence-electron chi connectivity index (χ1n) is 10.0. The van der Waals surface area contributed by atoms with Crippen LogP contribution < -0.4 is 10.2 Å². The van der Waals surface area contributed by atoms with Crippen molar-refractivity contribution in [2.24, 2.45) is 0 Å². The van der Waals surface area contributed by atoms with Gasteiger partial charge in [0, 0.05) is 35.7 Å². The van der Waals surface area contributed by atoms with Crippen molar-refractivity contribution in [1.82, 2.24) is 9.88 Å². The Bertz CT molecular complexity index is 1170. The number of benzene rings is 2. The Morgan fingerprint density at radius 3 is 2.50 bits per heavy atom. The van der Waals surface area contributed by atoms with Crippen molar-refractivity contribution in [1.29, 1.82) is 0 Å². The molecule has 0 saturated carbocycles. The molecule has 0 saturated heterocycles. The molecule has 0 radical (unpaired) electrons. The van der Waals surface area contributed by atoms with Crippen molar-refractivity contribution in [3.63, 3.8) is 0 Å². The highest BCUT2D eigenvalue weighted by atomic mass is 35.5. The van der Waals surface area contributed by atoms with Crippen LogP contribution in [0.15, 0.2) is 30.3 Å². The molecule has 2 heterocycles. The van der Waals surface area contributed by atoms with Crippen molar-refractivity contribution < 1.29 is 14.7 Å². The van der Waals surface area contributed by atoms with E-state index in [4.69, 9.17) is 11.6 Å².